The molecular weight excluding hydrogens is 274 g/mol. The third-order valence-electron chi connectivity index (χ3n) is 2.82. The summed E-state index contributed by atoms with van der Waals surface area (Å²) in [6.45, 7) is 5.31. The first-order chi connectivity index (χ1) is 8.19. The zero-order chi connectivity index (χ0) is 12.7. The third kappa shape index (κ3) is 4.53. The highest BCUT2D eigenvalue weighted by Crippen LogP contribution is 2.24. The van der Waals surface area contributed by atoms with Gasteiger partial charge in [0.25, 0.3) is 0 Å². The fourth-order valence-corrected chi connectivity index (χ4v) is 2.16. The molecule has 2 heteroatoms. The molecule has 0 aliphatic heterocycles. The minimum absolute atomic E-state index is 0.364. The van der Waals surface area contributed by atoms with Crippen molar-refractivity contribution < 1.29 is 0 Å². The lowest BCUT2D eigenvalue weighted by molar-refractivity contribution is 0.505. The second kappa shape index (κ2) is 7.53. The number of rotatable bonds is 6. The molecule has 0 spiro atoms. The maximum absolute atomic E-state index is 5.35. The molecule has 0 radical (unpaired) electrons. The standard InChI is InChI=1S/C15H20BrN/c1-4-6-7-15(17-10-5-2)13-9-8-12(3)14(16)11-13/h1,8-9,11,15,17H,5-7,10H2,2-3H3. The van der Waals surface area contributed by atoms with Crippen molar-refractivity contribution in [1.29, 1.82) is 0 Å². The van der Waals surface area contributed by atoms with E-state index >= 15 is 0 Å². The number of halogens is 1. The van der Waals surface area contributed by atoms with Crippen molar-refractivity contribution in [3.63, 3.8) is 0 Å². The van der Waals surface area contributed by atoms with Crippen LogP contribution in [0.3, 0.4) is 0 Å². The van der Waals surface area contributed by atoms with E-state index in [4.69, 9.17) is 6.42 Å². The van der Waals surface area contributed by atoms with Crippen LogP contribution < -0.4 is 5.32 Å². The molecule has 0 aliphatic carbocycles. The van der Waals surface area contributed by atoms with Gasteiger partial charge in [0.15, 0.2) is 0 Å². The lowest BCUT2D eigenvalue weighted by Crippen LogP contribution is -2.22. The van der Waals surface area contributed by atoms with Gasteiger partial charge in [0, 0.05) is 16.9 Å². The molecule has 92 valence electrons. The molecule has 0 fully saturated rings. The van der Waals surface area contributed by atoms with E-state index in [1.165, 1.54) is 15.6 Å². The number of hydrogen-bond donors (Lipinski definition) is 1. The quantitative estimate of drug-likeness (QED) is 0.775. The number of nitrogens with one attached hydrogen (secondary N) is 1. The van der Waals surface area contributed by atoms with Crippen molar-refractivity contribution in [2.24, 2.45) is 0 Å². The van der Waals surface area contributed by atoms with Gasteiger partial charge in [-0.1, -0.05) is 35.0 Å². The Hall–Kier alpha value is -0.780. The summed E-state index contributed by atoms with van der Waals surface area (Å²) in [5, 5.41) is 3.55. The van der Waals surface area contributed by atoms with Crippen LogP contribution in [0.1, 0.15) is 43.4 Å². The average molecular weight is 294 g/mol. The summed E-state index contributed by atoms with van der Waals surface area (Å²) in [7, 11) is 0. The highest BCUT2D eigenvalue weighted by Gasteiger charge is 2.10. The molecule has 1 N–H and O–H groups in total. The van der Waals surface area contributed by atoms with Crippen molar-refractivity contribution in [3.8, 4) is 12.3 Å². The van der Waals surface area contributed by atoms with E-state index in [0.717, 1.165) is 25.8 Å². The Morgan fingerprint density at radius 2 is 2.24 bits per heavy atom. The van der Waals surface area contributed by atoms with Gasteiger partial charge in [-0.05, 0) is 43.5 Å². The monoisotopic (exact) mass is 293 g/mol. The number of aryl methyl sites for hydroxylation is 1. The lowest BCUT2D eigenvalue weighted by atomic mass is 10.0. The van der Waals surface area contributed by atoms with Crippen molar-refractivity contribution in [1.82, 2.24) is 5.32 Å². The summed E-state index contributed by atoms with van der Waals surface area (Å²) in [6, 6.07) is 6.89. The summed E-state index contributed by atoms with van der Waals surface area (Å²) in [4.78, 5) is 0. The van der Waals surface area contributed by atoms with Crippen molar-refractivity contribution in [2.45, 2.75) is 39.2 Å². The van der Waals surface area contributed by atoms with Gasteiger partial charge in [-0.15, -0.1) is 12.3 Å². The smallest absolute Gasteiger partial charge is 0.0329 e. The Kier molecular flexibility index (Phi) is 6.32. The molecule has 1 aromatic rings. The van der Waals surface area contributed by atoms with Gasteiger partial charge in [-0.2, -0.15) is 0 Å². The van der Waals surface area contributed by atoms with Crippen LogP contribution in [-0.4, -0.2) is 6.54 Å². The van der Waals surface area contributed by atoms with Gasteiger partial charge in [0.05, 0.1) is 0 Å². The summed E-state index contributed by atoms with van der Waals surface area (Å²) in [5.41, 5.74) is 2.58. The second-order valence-corrected chi connectivity index (χ2v) is 5.11. The molecule has 1 atom stereocenters. The van der Waals surface area contributed by atoms with Crippen LogP contribution >= 0.6 is 15.9 Å². The van der Waals surface area contributed by atoms with Gasteiger partial charge in [0.1, 0.15) is 0 Å². The maximum atomic E-state index is 5.35. The first-order valence-electron chi connectivity index (χ1n) is 6.12. The molecule has 0 saturated carbocycles. The third-order valence-corrected chi connectivity index (χ3v) is 3.67. The van der Waals surface area contributed by atoms with E-state index in [9.17, 15) is 0 Å². The molecule has 17 heavy (non-hydrogen) atoms. The van der Waals surface area contributed by atoms with Gasteiger partial charge >= 0.3 is 0 Å². The van der Waals surface area contributed by atoms with Gasteiger partial charge in [-0.25, -0.2) is 0 Å². The molecule has 1 rings (SSSR count). The Labute approximate surface area is 113 Å². The molecule has 0 aromatic heterocycles. The Morgan fingerprint density at radius 3 is 2.82 bits per heavy atom. The minimum Gasteiger partial charge on any atom is -0.310 e. The molecule has 1 unspecified atom stereocenters. The molecule has 1 nitrogen and oxygen atoms in total. The summed E-state index contributed by atoms with van der Waals surface area (Å²) in [5.74, 6) is 2.72. The molecular formula is C15H20BrN. The molecule has 0 heterocycles. The first kappa shape index (κ1) is 14.3. The van der Waals surface area contributed by atoms with Crippen LogP contribution in [0.2, 0.25) is 0 Å². The lowest BCUT2D eigenvalue weighted by Gasteiger charge is -2.18. The average Bonchev–Trinajstić information content (AvgIpc) is 2.33. The van der Waals surface area contributed by atoms with Crippen LogP contribution in [0, 0.1) is 19.3 Å². The predicted octanol–water partition coefficient (Wildman–Crippen LogP) is 4.21. The van der Waals surface area contributed by atoms with Crippen molar-refractivity contribution in [2.75, 3.05) is 6.54 Å². The van der Waals surface area contributed by atoms with Crippen molar-refractivity contribution >= 4 is 15.9 Å². The molecule has 0 aliphatic rings. The summed E-state index contributed by atoms with van der Waals surface area (Å²) in [6.07, 6.45) is 8.29. The molecule has 1 aromatic carbocycles. The van der Waals surface area contributed by atoms with Crippen molar-refractivity contribution in [3.05, 3.63) is 33.8 Å². The van der Waals surface area contributed by atoms with Crippen LogP contribution in [-0.2, 0) is 0 Å². The van der Waals surface area contributed by atoms with Crippen LogP contribution in [0.25, 0.3) is 0 Å². The Balaban J connectivity index is 2.80. The highest BCUT2D eigenvalue weighted by molar-refractivity contribution is 9.10. The molecule has 0 amide bonds. The number of benzene rings is 1. The largest absolute Gasteiger partial charge is 0.310 e. The van der Waals surface area contributed by atoms with Gasteiger partial charge < -0.3 is 5.32 Å². The zero-order valence-corrected chi connectivity index (χ0v) is 12.2. The summed E-state index contributed by atoms with van der Waals surface area (Å²) < 4.78 is 1.17. The highest BCUT2D eigenvalue weighted by atomic mass is 79.9. The SMILES string of the molecule is C#CCCC(NCCC)c1ccc(C)c(Br)c1. The van der Waals surface area contributed by atoms with E-state index in [-0.39, 0.29) is 0 Å². The minimum atomic E-state index is 0.364. The Morgan fingerprint density at radius 1 is 1.47 bits per heavy atom. The number of terminal acetylenes is 1. The fourth-order valence-electron chi connectivity index (χ4n) is 1.76. The van der Waals surface area contributed by atoms with Gasteiger partial charge in [-0.3, -0.25) is 0 Å². The van der Waals surface area contributed by atoms with E-state index < -0.39 is 0 Å². The van der Waals surface area contributed by atoms with E-state index in [2.05, 4.69) is 59.2 Å². The molecule has 0 bridgehead atoms. The topological polar surface area (TPSA) is 12.0 Å². The van der Waals surface area contributed by atoms with E-state index in [1.807, 2.05) is 0 Å². The van der Waals surface area contributed by atoms with E-state index in [0.29, 0.717) is 6.04 Å². The fraction of sp³-hybridized carbons (Fsp3) is 0.467. The zero-order valence-electron chi connectivity index (χ0n) is 10.6. The normalized spacial score (nSPS) is 12.1. The summed E-state index contributed by atoms with van der Waals surface area (Å²) >= 11 is 3.58. The second-order valence-electron chi connectivity index (χ2n) is 4.26. The molecule has 0 saturated heterocycles. The van der Waals surface area contributed by atoms with Gasteiger partial charge in [0.2, 0.25) is 0 Å². The van der Waals surface area contributed by atoms with Crippen LogP contribution in [0.4, 0.5) is 0 Å². The predicted molar refractivity (Wildman–Crippen MR) is 78.0 cm³/mol. The van der Waals surface area contributed by atoms with Crippen LogP contribution in [0.15, 0.2) is 22.7 Å². The van der Waals surface area contributed by atoms with E-state index in [1.54, 1.807) is 0 Å². The van der Waals surface area contributed by atoms with Crippen LogP contribution in [0.5, 0.6) is 0 Å². The number of hydrogen-bond acceptors (Lipinski definition) is 1. The first-order valence-corrected chi connectivity index (χ1v) is 6.91. The maximum Gasteiger partial charge on any atom is 0.0329 e. The Bertz CT molecular complexity index is 392.